The average Bonchev–Trinajstić information content (AvgIpc) is 2.58. The van der Waals surface area contributed by atoms with Crippen molar-refractivity contribution < 1.29 is 23.8 Å². The normalized spacial score (nSPS) is 10.4. The lowest BCUT2D eigenvalue weighted by Gasteiger charge is -2.19. The molecular weight excluding hydrogens is 376 g/mol. The minimum absolute atomic E-state index is 0.414. The first-order valence-corrected chi connectivity index (χ1v) is 9.37. The van der Waals surface area contributed by atoms with Gasteiger partial charge in [-0.05, 0) is 53.7 Å². The van der Waals surface area contributed by atoms with E-state index in [1.54, 1.807) is 45.0 Å². The Morgan fingerprint density at radius 1 is 0.828 bits per heavy atom. The molecule has 29 heavy (non-hydrogen) atoms. The van der Waals surface area contributed by atoms with Crippen LogP contribution < -0.4 is 27.3 Å². The summed E-state index contributed by atoms with van der Waals surface area (Å²) in [4.78, 5) is 22.0. The summed E-state index contributed by atoms with van der Waals surface area (Å²) in [6, 6.07) is 8.83. The number of carbonyl (C=O) groups is 2. The number of nitrogens with one attached hydrogen (secondary N) is 1. The van der Waals surface area contributed by atoms with Crippen LogP contribution in [0.1, 0.15) is 41.5 Å². The van der Waals surface area contributed by atoms with E-state index < -0.39 is 23.5 Å². The van der Waals surface area contributed by atoms with Crippen LogP contribution >= 0.6 is 0 Å². The van der Waals surface area contributed by atoms with Crippen LogP contribution in [-0.2, 0) is 9.47 Å². The van der Waals surface area contributed by atoms with Crippen molar-refractivity contribution >= 4 is 12.2 Å². The third-order valence-corrected chi connectivity index (χ3v) is 2.31. The molecule has 1 amide bonds. The molecular formula is C20H38N4O5. The van der Waals surface area contributed by atoms with Gasteiger partial charge in [0.15, 0.2) is 0 Å². The summed E-state index contributed by atoms with van der Waals surface area (Å²) in [7, 11) is 0. The Hall–Kier alpha value is -2.36. The molecule has 0 aromatic heterocycles. The van der Waals surface area contributed by atoms with Gasteiger partial charge in [-0.25, -0.2) is 9.59 Å². The third-order valence-electron chi connectivity index (χ3n) is 2.31. The van der Waals surface area contributed by atoms with Gasteiger partial charge in [-0.3, -0.25) is 0 Å². The van der Waals surface area contributed by atoms with Crippen LogP contribution in [0.2, 0.25) is 0 Å². The lowest BCUT2D eigenvalue weighted by Crippen LogP contribution is -2.35. The van der Waals surface area contributed by atoms with E-state index in [2.05, 4.69) is 5.32 Å². The molecule has 0 aliphatic rings. The Morgan fingerprint density at radius 2 is 1.31 bits per heavy atom. The number of rotatable bonds is 4. The second kappa shape index (κ2) is 15.5. The van der Waals surface area contributed by atoms with E-state index in [0.29, 0.717) is 31.9 Å². The van der Waals surface area contributed by atoms with Crippen LogP contribution in [0.5, 0.6) is 5.75 Å². The standard InChI is InChI=1S/C11H14O3.C7H16N2O2.C2H8N2/c1-11(2,3)14-10(12)13-9-7-5-4-6-8-9;1-7(2,3)11-6(10)9-5-4-8;3-1-2-4/h4-8H,1-3H3;4-5,8H2,1-3H3,(H,9,10);1-4H2. The second-order valence-electron chi connectivity index (χ2n) is 7.67. The van der Waals surface area contributed by atoms with Crippen LogP contribution in [-0.4, -0.2) is 49.6 Å². The minimum Gasteiger partial charge on any atom is -0.444 e. The fourth-order valence-corrected chi connectivity index (χ4v) is 1.34. The van der Waals surface area contributed by atoms with Crippen molar-refractivity contribution in [1.29, 1.82) is 0 Å². The van der Waals surface area contributed by atoms with Gasteiger partial charge in [0.25, 0.3) is 0 Å². The molecule has 0 saturated heterocycles. The molecule has 0 spiro atoms. The molecule has 0 radical (unpaired) electrons. The number of para-hydroxylation sites is 1. The molecule has 0 unspecified atom stereocenters. The molecule has 0 heterocycles. The number of benzene rings is 1. The number of carbonyl (C=O) groups excluding carboxylic acids is 2. The predicted octanol–water partition coefficient (Wildman–Crippen LogP) is 2.37. The van der Waals surface area contributed by atoms with Crippen molar-refractivity contribution in [2.45, 2.75) is 52.7 Å². The monoisotopic (exact) mass is 414 g/mol. The van der Waals surface area contributed by atoms with Crippen molar-refractivity contribution in [3.63, 3.8) is 0 Å². The van der Waals surface area contributed by atoms with Crippen LogP contribution in [0.25, 0.3) is 0 Å². The fraction of sp³-hybridized carbons (Fsp3) is 0.600. The number of amides is 1. The largest absolute Gasteiger partial charge is 0.514 e. The highest BCUT2D eigenvalue weighted by Crippen LogP contribution is 2.13. The second-order valence-corrected chi connectivity index (χ2v) is 7.67. The molecule has 9 nitrogen and oxygen atoms in total. The van der Waals surface area contributed by atoms with Crippen molar-refractivity contribution in [2.75, 3.05) is 26.2 Å². The van der Waals surface area contributed by atoms with Gasteiger partial charge in [0.2, 0.25) is 0 Å². The Kier molecular flexibility index (Phi) is 15.5. The maximum atomic E-state index is 11.2. The summed E-state index contributed by atoms with van der Waals surface area (Å²) in [5, 5.41) is 2.50. The minimum atomic E-state index is -0.677. The summed E-state index contributed by atoms with van der Waals surface area (Å²) in [6.45, 7) is 12.9. The van der Waals surface area contributed by atoms with Gasteiger partial charge in [0.05, 0.1) is 0 Å². The highest BCUT2D eigenvalue weighted by molar-refractivity contribution is 5.67. The Bertz CT molecular complexity index is 552. The Balaban J connectivity index is 0. The molecule has 0 saturated carbocycles. The van der Waals surface area contributed by atoms with Crippen molar-refractivity contribution in [3.8, 4) is 5.75 Å². The summed E-state index contributed by atoms with van der Waals surface area (Å²) in [6.07, 6.45) is -1.09. The van der Waals surface area contributed by atoms with Crippen LogP contribution in [0.4, 0.5) is 9.59 Å². The lowest BCUT2D eigenvalue weighted by atomic mass is 10.2. The van der Waals surface area contributed by atoms with E-state index in [9.17, 15) is 9.59 Å². The topological polar surface area (TPSA) is 152 Å². The number of ether oxygens (including phenoxy) is 3. The van der Waals surface area contributed by atoms with E-state index in [1.165, 1.54) is 0 Å². The van der Waals surface area contributed by atoms with E-state index >= 15 is 0 Å². The lowest BCUT2D eigenvalue weighted by molar-refractivity contribution is 0.0206. The maximum absolute atomic E-state index is 11.2. The molecule has 1 aromatic rings. The number of nitrogens with two attached hydrogens (primary N) is 3. The first kappa shape index (κ1) is 28.8. The van der Waals surface area contributed by atoms with Gasteiger partial charge in [-0.2, -0.15) is 0 Å². The van der Waals surface area contributed by atoms with Gasteiger partial charge < -0.3 is 36.7 Å². The molecule has 1 rings (SSSR count). The van der Waals surface area contributed by atoms with E-state index in [4.69, 9.17) is 31.4 Å². The zero-order chi connectivity index (χ0) is 22.9. The molecule has 7 N–H and O–H groups in total. The molecule has 0 aliphatic carbocycles. The fourth-order valence-electron chi connectivity index (χ4n) is 1.34. The van der Waals surface area contributed by atoms with Gasteiger partial charge in [-0.1, -0.05) is 18.2 Å². The first-order chi connectivity index (χ1) is 13.3. The quantitative estimate of drug-likeness (QED) is 0.433. The molecule has 1 aromatic carbocycles. The van der Waals surface area contributed by atoms with Crippen LogP contribution in [0.3, 0.4) is 0 Å². The molecule has 0 aliphatic heterocycles. The summed E-state index contributed by atoms with van der Waals surface area (Å²) in [5.41, 5.74) is 14.0. The van der Waals surface area contributed by atoms with Gasteiger partial charge in [0.1, 0.15) is 17.0 Å². The maximum Gasteiger partial charge on any atom is 0.514 e. The molecule has 0 atom stereocenters. The van der Waals surface area contributed by atoms with Gasteiger partial charge in [-0.15, -0.1) is 0 Å². The summed E-state index contributed by atoms with van der Waals surface area (Å²) < 4.78 is 14.8. The zero-order valence-electron chi connectivity index (χ0n) is 18.5. The van der Waals surface area contributed by atoms with Crippen molar-refractivity contribution in [3.05, 3.63) is 30.3 Å². The van der Waals surface area contributed by atoms with Crippen LogP contribution in [0.15, 0.2) is 30.3 Å². The number of hydrogen-bond acceptors (Lipinski definition) is 8. The van der Waals surface area contributed by atoms with Crippen molar-refractivity contribution in [1.82, 2.24) is 5.32 Å². The van der Waals surface area contributed by atoms with Crippen molar-refractivity contribution in [2.24, 2.45) is 17.2 Å². The van der Waals surface area contributed by atoms with Crippen LogP contribution in [0, 0.1) is 0 Å². The molecule has 0 fully saturated rings. The highest BCUT2D eigenvalue weighted by atomic mass is 16.7. The highest BCUT2D eigenvalue weighted by Gasteiger charge is 2.17. The summed E-state index contributed by atoms with van der Waals surface area (Å²) in [5.74, 6) is 0.488. The van der Waals surface area contributed by atoms with E-state index in [0.717, 1.165) is 0 Å². The molecule has 9 heteroatoms. The van der Waals surface area contributed by atoms with Gasteiger partial charge >= 0.3 is 12.2 Å². The smallest absolute Gasteiger partial charge is 0.444 e. The predicted molar refractivity (Wildman–Crippen MR) is 115 cm³/mol. The average molecular weight is 415 g/mol. The van der Waals surface area contributed by atoms with E-state index in [1.807, 2.05) is 26.8 Å². The van der Waals surface area contributed by atoms with Gasteiger partial charge in [0, 0.05) is 26.2 Å². The third kappa shape index (κ3) is 23.6. The molecule has 168 valence electrons. The SMILES string of the molecule is CC(C)(C)OC(=O)NCCN.CC(C)(C)OC(=O)Oc1ccccc1.NCCN. The Labute approximate surface area is 174 Å². The zero-order valence-corrected chi connectivity index (χ0v) is 18.5. The number of hydrogen-bond donors (Lipinski definition) is 4. The molecule has 0 bridgehead atoms. The first-order valence-electron chi connectivity index (χ1n) is 9.37. The Morgan fingerprint density at radius 3 is 1.69 bits per heavy atom. The summed E-state index contributed by atoms with van der Waals surface area (Å²) >= 11 is 0. The number of alkyl carbamates (subject to hydrolysis) is 1. The van der Waals surface area contributed by atoms with E-state index in [-0.39, 0.29) is 0 Å².